The van der Waals surface area contributed by atoms with Crippen LogP contribution in [0.2, 0.25) is 0 Å². The van der Waals surface area contributed by atoms with Crippen molar-refractivity contribution in [1.29, 1.82) is 0 Å². The third-order valence-electron chi connectivity index (χ3n) is 5.61. The van der Waals surface area contributed by atoms with Gasteiger partial charge in [-0.05, 0) is 31.4 Å². The molecule has 0 spiro atoms. The average molecular weight is 369 g/mol. The van der Waals surface area contributed by atoms with Gasteiger partial charge in [0.1, 0.15) is 5.82 Å². The number of nitrogens with one attached hydrogen (secondary N) is 1. The van der Waals surface area contributed by atoms with Gasteiger partial charge < -0.3 is 20.5 Å². The molecule has 142 valence electrons. The SMILES string of the molecule is C[C@@H]1COCCN1c1cc(C2(O)CC(N)C2)c2cnn(-c3ccn[nH]3)c2n1. The quantitative estimate of drug-likeness (QED) is 0.621. The second-order valence-electron chi connectivity index (χ2n) is 7.58. The molecule has 1 atom stereocenters. The number of H-pyrrole nitrogens is 1. The summed E-state index contributed by atoms with van der Waals surface area (Å²) >= 11 is 0. The molecule has 2 fully saturated rings. The number of aliphatic hydroxyl groups is 1. The number of pyridine rings is 1. The first-order valence-corrected chi connectivity index (χ1v) is 9.26. The summed E-state index contributed by atoms with van der Waals surface area (Å²) < 4.78 is 7.29. The molecule has 0 amide bonds. The van der Waals surface area contributed by atoms with Crippen LogP contribution in [0.4, 0.5) is 5.82 Å². The second-order valence-corrected chi connectivity index (χ2v) is 7.58. The Bertz CT molecular complexity index is 962. The molecule has 27 heavy (non-hydrogen) atoms. The van der Waals surface area contributed by atoms with Crippen LogP contribution in [-0.4, -0.2) is 61.9 Å². The molecule has 0 bridgehead atoms. The Hall–Kier alpha value is -2.49. The minimum absolute atomic E-state index is 0.0200. The average Bonchev–Trinajstić information content (AvgIpc) is 3.29. The zero-order valence-corrected chi connectivity index (χ0v) is 15.2. The van der Waals surface area contributed by atoms with E-state index in [1.165, 1.54) is 0 Å². The molecule has 4 N–H and O–H groups in total. The van der Waals surface area contributed by atoms with E-state index in [9.17, 15) is 5.11 Å². The van der Waals surface area contributed by atoms with Crippen molar-refractivity contribution in [2.24, 2.45) is 5.73 Å². The van der Waals surface area contributed by atoms with Crippen molar-refractivity contribution in [3.63, 3.8) is 0 Å². The van der Waals surface area contributed by atoms with E-state index in [-0.39, 0.29) is 12.1 Å². The van der Waals surface area contributed by atoms with Crippen LogP contribution in [0.3, 0.4) is 0 Å². The van der Waals surface area contributed by atoms with Crippen molar-refractivity contribution in [2.75, 3.05) is 24.7 Å². The maximum absolute atomic E-state index is 11.2. The summed E-state index contributed by atoms with van der Waals surface area (Å²) in [6.45, 7) is 4.19. The first kappa shape index (κ1) is 16.7. The molecule has 1 saturated heterocycles. The molecule has 5 rings (SSSR count). The molecule has 0 aromatic carbocycles. The zero-order chi connectivity index (χ0) is 18.6. The van der Waals surface area contributed by atoms with Gasteiger partial charge in [-0.25, -0.2) is 4.98 Å². The number of aromatic amines is 1. The van der Waals surface area contributed by atoms with Gasteiger partial charge >= 0.3 is 0 Å². The molecule has 1 aliphatic carbocycles. The standard InChI is InChI=1S/C18H23N7O2/c1-11-10-27-5-4-24(11)16-6-14(18(26)7-12(19)8-18)13-9-21-25(17(13)22-16)15-2-3-20-23-15/h2-3,6,9,11-12,26H,4-5,7-8,10,19H2,1H3,(H,20,23)/t11-,12?,18?/m1/s1. The van der Waals surface area contributed by atoms with Gasteiger partial charge in [-0.1, -0.05) is 0 Å². The van der Waals surface area contributed by atoms with E-state index >= 15 is 0 Å². The third-order valence-corrected chi connectivity index (χ3v) is 5.61. The second kappa shape index (κ2) is 6.01. The maximum Gasteiger partial charge on any atom is 0.167 e. The predicted octanol–water partition coefficient (Wildman–Crippen LogP) is 0.677. The van der Waals surface area contributed by atoms with Crippen molar-refractivity contribution in [2.45, 2.75) is 37.5 Å². The van der Waals surface area contributed by atoms with Gasteiger partial charge in [-0.3, -0.25) is 5.10 Å². The Kier molecular flexibility index (Phi) is 3.71. The van der Waals surface area contributed by atoms with Gasteiger partial charge in [0.15, 0.2) is 11.5 Å². The van der Waals surface area contributed by atoms with Crippen LogP contribution in [0.25, 0.3) is 16.9 Å². The first-order chi connectivity index (χ1) is 13.0. The zero-order valence-electron chi connectivity index (χ0n) is 15.2. The first-order valence-electron chi connectivity index (χ1n) is 9.26. The maximum atomic E-state index is 11.2. The molecule has 0 radical (unpaired) electrons. The van der Waals surface area contributed by atoms with Gasteiger partial charge in [-0.15, -0.1) is 0 Å². The fourth-order valence-corrected chi connectivity index (χ4v) is 4.16. The fourth-order valence-electron chi connectivity index (χ4n) is 4.16. The molecule has 9 heteroatoms. The molecule has 2 aliphatic rings. The molecule has 3 aromatic heterocycles. The summed E-state index contributed by atoms with van der Waals surface area (Å²) in [4.78, 5) is 7.12. The van der Waals surface area contributed by atoms with Crippen LogP contribution in [0.1, 0.15) is 25.3 Å². The lowest BCUT2D eigenvalue weighted by atomic mass is 9.71. The van der Waals surface area contributed by atoms with Crippen LogP contribution in [0.15, 0.2) is 24.5 Å². The highest BCUT2D eigenvalue weighted by molar-refractivity contribution is 5.83. The van der Waals surface area contributed by atoms with E-state index in [2.05, 4.69) is 27.1 Å². The number of rotatable bonds is 3. The molecule has 1 aliphatic heterocycles. The highest BCUT2D eigenvalue weighted by Gasteiger charge is 2.44. The van der Waals surface area contributed by atoms with Gasteiger partial charge in [0.25, 0.3) is 0 Å². The molecular weight excluding hydrogens is 346 g/mol. The summed E-state index contributed by atoms with van der Waals surface area (Å²) in [5.74, 6) is 1.55. The number of fused-ring (bicyclic) bond motifs is 1. The smallest absolute Gasteiger partial charge is 0.167 e. The lowest BCUT2D eigenvalue weighted by Gasteiger charge is -2.43. The normalized spacial score (nSPS) is 28.5. The predicted molar refractivity (Wildman–Crippen MR) is 99.7 cm³/mol. The van der Waals surface area contributed by atoms with Crippen molar-refractivity contribution < 1.29 is 9.84 Å². The molecule has 0 unspecified atom stereocenters. The van der Waals surface area contributed by atoms with E-state index in [1.807, 2.05) is 12.1 Å². The lowest BCUT2D eigenvalue weighted by molar-refractivity contribution is -0.0510. The Labute approximate surface area is 156 Å². The lowest BCUT2D eigenvalue weighted by Crippen LogP contribution is -2.49. The van der Waals surface area contributed by atoms with E-state index < -0.39 is 5.60 Å². The van der Waals surface area contributed by atoms with Crippen LogP contribution in [-0.2, 0) is 10.3 Å². The molecular formula is C18H23N7O2. The van der Waals surface area contributed by atoms with Crippen LogP contribution in [0, 0.1) is 0 Å². The van der Waals surface area contributed by atoms with Crippen LogP contribution in [0.5, 0.6) is 0 Å². The summed E-state index contributed by atoms with van der Waals surface area (Å²) in [6, 6.07) is 4.06. The van der Waals surface area contributed by atoms with Gasteiger partial charge in [0.2, 0.25) is 0 Å². The fraction of sp³-hybridized carbons (Fsp3) is 0.500. The van der Waals surface area contributed by atoms with E-state index in [0.29, 0.717) is 31.7 Å². The van der Waals surface area contributed by atoms with Crippen LogP contribution >= 0.6 is 0 Å². The summed E-state index contributed by atoms with van der Waals surface area (Å²) in [6.07, 6.45) is 4.52. The summed E-state index contributed by atoms with van der Waals surface area (Å²) in [5, 5.41) is 23.4. The Morgan fingerprint density at radius 3 is 2.96 bits per heavy atom. The van der Waals surface area contributed by atoms with Gasteiger partial charge in [0, 0.05) is 24.0 Å². The number of hydrogen-bond donors (Lipinski definition) is 3. The van der Waals surface area contributed by atoms with E-state index in [1.54, 1.807) is 17.1 Å². The van der Waals surface area contributed by atoms with Crippen LogP contribution < -0.4 is 10.6 Å². The van der Waals surface area contributed by atoms with Crippen molar-refractivity contribution in [3.8, 4) is 5.82 Å². The summed E-state index contributed by atoms with van der Waals surface area (Å²) in [5.41, 5.74) is 6.58. The van der Waals surface area contributed by atoms with Gasteiger partial charge in [-0.2, -0.15) is 14.9 Å². The van der Waals surface area contributed by atoms with E-state index in [0.717, 1.165) is 29.1 Å². The molecule has 9 nitrogen and oxygen atoms in total. The Morgan fingerprint density at radius 1 is 1.41 bits per heavy atom. The van der Waals surface area contributed by atoms with Crippen molar-refractivity contribution in [3.05, 3.63) is 30.1 Å². The largest absolute Gasteiger partial charge is 0.385 e. The number of morpholine rings is 1. The third kappa shape index (κ3) is 2.61. The van der Waals surface area contributed by atoms with Gasteiger partial charge in [0.05, 0.1) is 37.3 Å². The minimum Gasteiger partial charge on any atom is -0.385 e. The number of nitrogens with two attached hydrogens (primary N) is 1. The van der Waals surface area contributed by atoms with Crippen molar-refractivity contribution >= 4 is 16.9 Å². The number of hydrogen-bond acceptors (Lipinski definition) is 7. The Morgan fingerprint density at radius 2 is 2.26 bits per heavy atom. The van der Waals surface area contributed by atoms with E-state index in [4.69, 9.17) is 15.5 Å². The Balaban J connectivity index is 1.70. The minimum atomic E-state index is -0.938. The number of ether oxygens (including phenoxy) is 1. The number of aromatic nitrogens is 5. The molecule has 1 saturated carbocycles. The van der Waals surface area contributed by atoms with Crippen molar-refractivity contribution in [1.82, 2.24) is 25.0 Å². The molecule has 4 heterocycles. The molecule has 3 aromatic rings. The number of anilines is 1. The monoisotopic (exact) mass is 369 g/mol. The number of nitrogens with zero attached hydrogens (tertiary/aromatic N) is 5. The topological polar surface area (TPSA) is 118 Å². The summed E-state index contributed by atoms with van der Waals surface area (Å²) in [7, 11) is 0. The highest BCUT2D eigenvalue weighted by atomic mass is 16.5. The highest BCUT2D eigenvalue weighted by Crippen LogP contribution is 2.44.